The van der Waals surface area contributed by atoms with Gasteiger partial charge in [0.05, 0.1) is 11.9 Å². The van der Waals surface area contributed by atoms with Gasteiger partial charge in [0.2, 0.25) is 0 Å². The van der Waals surface area contributed by atoms with E-state index in [-0.39, 0.29) is 11.4 Å². The Balaban J connectivity index is 2.05. The van der Waals surface area contributed by atoms with Gasteiger partial charge in [0.1, 0.15) is 0 Å². The number of aromatic nitrogens is 2. The number of nitrogens with zero attached hydrogens (tertiary/aromatic N) is 2. The molecule has 0 aliphatic heterocycles. The Kier molecular flexibility index (Phi) is 4.16. The first kappa shape index (κ1) is 14.2. The summed E-state index contributed by atoms with van der Waals surface area (Å²) in [5.41, 5.74) is 1.17. The standard InChI is InChI=1S/C13H14F3N3O/c1-2-19-9-10(8-18-19)7-17-11-5-3-4-6-12(11)20-13(14,15)16/h3-6,8-9,17H,2,7H2,1H3. The van der Waals surface area contributed by atoms with Crippen LogP contribution in [0, 0.1) is 0 Å². The monoisotopic (exact) mass is 285 g/mol. The van der Waals surface area contributed by atoms with Crippen LogP contribution < -0.4 is 10.1 Å². The van der Waals surface area contributed by atoms with Gasteiger partial charge in [-0.15, -0.1) is 13.2 Å². The fourth-order valence-electron chi connectivity index (χ4n) is 1.69. The van der Waals surface area contributed by atoms with Crippen LogP contribution in [-0.2, 0) is 13.1 Å². The molecule has 0 fully saturated rings. The van der Waals surface area contributed by atoms with Crippen LogP contribution in [0.15, 0.2) is 36.7 Å². The number of rotatable bonds is 5. The van der Waals surface area contributed by atoms with Crippen molar-refractivity contribution in [2.75, 3.05) is 5.32 Å². The normalized spacial score (nSPS) is 11.4. The summed E-state index contributed by atoms with van der Waals surface area (Å²) in [6.45, 7) is 3.07. The van der Waals surface area contributed by atoms with Crippen molar-refractivity contribution in [1.29, 1.82) is 0 Å². The lowest BCUT2D eigenvalue weighted by Gasteiger charge is -2.14. The third-order valence-corrected chi connectivity index (χ3v) is 2.61. The van der Waals surface area contributed by atoms with E-state index in [1.54, 1.807) is 16.9 Å². The number of nitrogens with one attached hydrogen (secondary N) is 1. The zero-order chi connectivity index (χ0) is 14.6. The van der Waals surface area contributed by atoms with Crippen LogP contribution in [0.4, 0.5) is 18.9 Å². The van der Waals surface area contributed by atoms with Gasteiger partial charge in [-0.3, -0.25) is 4.68 Å². The van der Waals surface area contributed by atoms with E-state index < -0.39 is 6.36 Å². The Labute approximate surface area is 114 Å². The summed E-state index contributed by atoms with van der Waals surface area (Å²) in [4.78, 5) is 0. The predicted molar refractivity (Wildman–Crippen MR) is 68.4 cm³/mol. The summed E-state index contributed by atoms with van der Waals surface area (Å²) in [6.07, 6.45) is -1.20. The van der Waals surface area contributed by atoms with Crippen molar-refractivity contribution < 1.29 is 17.9 Å². The molecule has 0 amide bonds. The molecule has 0 bridgehead atoms. The lowest BCUT2D eigenvalue weighted by atomic mass is 10.2. The van der Waals surface area contributed by atoms with Gasteiger partial charge in [0.25, 0.3) is 0 Å². The van der Waals surface area contributed by atoms with Crippen molar-refractivity contribution in [2.24, 2.45) is 0 Å². The zero-order valence-electron chi connectivity index (χ0n) is 10.8. The lowest BCUT2D eigenvalue weighted by Crippen LogP contribution is -2.18. The van der Waals surface area contributed by atoms with E-state index >= 15 is 0 Å². The summed E-state index contributed by atoms with van der Waals surface area (Å²) in [5.74, 6) is -0.247. The maximum atomic E-state index is 12.3. The van der Waals surface area contributed by atoms with Crippen molar-refractivity contribution in [1.82, 2.24) is 9.78 Å². The van der Waals surface area contributed by atoms with Gasteiger partial charge in [-0.05, 0) is 19.1 Å². The first-order chi connectivity index (χ1) is 9.48. The van der Waals surface area contributed by atoms with Crippen molar-refractivity contribution in [3.05, 3.63) is 42.2 Å². The molecule has 1 aromatic carbocycles. The van der Waals surface area contributed by atoms with Gasteiger partial charge < -0.3 is 10.1 Å². The minimum Gasteiger partial charge on any atom is -0.404 e. The van der Waals surface area contributed by atoms with Crippen molar-refractivity contribution in [2.45, 2.75) is 26.4 Å². The fraction of sp³-hybridized carbons (Fsp3) is 0.308. The molecule has 2 rings (SSSR count). The quantitative estimate of drug-likeness (QED) is 0.915. The molecule has 7 heteroatoms. The Morgan fingerprint density at radius 3 is 2.70 bits per heavy atom. The van der Waals surface area contributed by atoms with Gasteiger partial charge in [0.15, 0.2) is 5.75 Å². The molecule has 0 radical (unpaired) electrons. The number of anilines is 1. The number of hydrogen-bond acceptors (Lipinski definition) is 3. The van der Waals surface area contributed by atoms with Crippen molar-refractivity contribution >= 4 is 5.69 Å². The minimum atomic E-state index is -4.70. The molecule has 108 valence electrons. The van der Waals surface area contributed by atoms with Gasteiger partial charge in [0, 0.05) is 24.8 Å². The van der Waals surface area contributed by atoms with E-state index in [9.17, 15) is 13.2 Å². The van der Waals surface area contributed by atoms with E-state index in [1.807, 2.05) is 13.1 Å². The Morgan fingerprint density at radius 2 is 2.05 bits per heavy atom. The number of halogens is 3. The van der Waals surface area contributed by atoms with Gasteiger partial charge in [-0.1, -0.05) is 12.1 Å². The largest absolute Gasteiger partial charge is 0.573 e. The van der Waals surface area contributed by atoms with Crippen LogP contribution >= 0.6 is 0 Å². The highest BCUT2D eigenvalue weighted by atomic mass is 19.4. The molecule has 0 aliphatic carbocycles. The maximum absolute atomic E-state index is 12.3. The highest BCUT2D eigenvalue weighted by Crippen LogP contribution is 2.30. The van der Waals surface area contributed by atoms with Crippen LogP contribution in [0.1, 0.15) is 12.5 Å². The van der Waals surface area contributed by atoms with E-state index in [1.165, 1.54) is 18.2 Å². The summed E-state index contributed by atoms with van der Waals surface area (Å²) in [7, 11) is 0. The lowest BCUT2D eigenvalue weighted by molar-refractivity contribution is -0.274. The van der Waals surface area contributed by atoms with E-state index in [0.717, 1.165) is 12.1 Å². The first-order valence-corrected chi connectivity index (χ1v) is 6.08. The summed E-state index contributed by atoms with van der Waals surface area (Å²) in [6, 6.07) is 5.93. The molecule has 4 nitrogen and oxygen atoms in total. The molecule has 0 saturated carbocycles. The third kappa shape index (κ3) is 3.91. The second-order valence-corrected chi connectivity index (χ2v) is 4.10. The van der Waals surface area contributed by atoms with Gasteiger partial charge in [-0.2, -0.15) is 5.10 Å². The predicted octanol–water partition coefficient (Wildman–Crippen LogP) is 3.41. The molecule has 0 unspecified atom stereocenters. The van der Waals surface area contributed by atoms with E-state index in [4.69, 9.17) is 0 Å². The maximum Gasteiger partial charge on any atom is 0.573 e. The number of benzene rings is 1. The van der Waals surface area contributed by atoms with E-state index in [0.29, 0.717) is 6.54 Å². The summed E-state index contributed by atoms with van der Waals surface area (Å²) >= 11 is 0. The van der Waals surface area contributed by atoms with Crippen molar-refractivity contribution in [3.8, 4) is 5.75 Å². The van der Waals surface area contributed by atoms with Gasteiger partial charge in [-0.25, -0.2) is 0 Å². The molecule has 1 heterocycles. The highest BCUT2D eigenvalue weighted by Gasteiger charge is 2.32. The van der Waals surface area contributed by atoms with Crippen LogP contribution in [0.25, 0.3) is 0 Å². The third-order valence-electron chi connectivity index (χ3n) is 2.61. The van der Waals surface area contributed by atoms with Crippen LogP contribution in [0.2, 0.25) is 0 Å². The zero-order valence-corrected chi connectivity index (χ0v) is 10.8. The number of ether oxygens (including phenoxy) is 1. The molecule has 20 heavy (non-hydrogen) atoms. The summed E-state index contributed by atoms with van der Waals surface area (Å²) < 4.78 is 42.5. The van der Waals surface area contributed by atoms with Gasteiger partial charge >= 0.3 is 6.36 Å². The second kappa shape index (κ2) is 5.85. The molecule has 1 N–H and O–H groups in total. The number of alkyl halides is 3. The Bertz CT molecular complexity index is 566. The van der Waals surface area contributed by atoms with Crippen LogP contribution in [0.5, 0.6) is 5.75 Å². The summed E-state index contributed by atoms with van der Waals surface area (Å²) in [5, 5.41) is 7.01. The fourth-order valence-corrected chi connectivity index (χ4v) is 1.69. The topological polar surface area (TPSA) is 39.1 Å². The molecule has 0 atom stereocenters. The smallest absolute Gasteiger partial charge is 0.404 e. The Morgan fingerprint density at radius 1 is 1.30 bits per heavy atom. The average molecular weight is 285 g/mol. The van der Waals surface area contributed by atoms with Crippen LogP contribution in [-0.4, -0.2) is 16.1 Å². The molecule has 0 aliphatic rings. The minimum absolute atomic E-state index is 0.247. The number of aryl methyl sites for hydroxylation is 1. The molecule has 0 saturated heterocycles. The van der Waals surface area contributed by atoms with Crippen molar-refractivity contribution in [3.63, 3.8) is 0 Å². The SMILES string of the molecule is CCn1cc(CNc2ccccc2OC(F)(F)F)cn1. The molecule has 1 aromatic heterocycles. The van der Waals surface area contributed by atoms with E-state index in [2.05, 4.69) is 15.2 Å². The van der Waals surface area contributed by atoms with Crippen LogP contribution in [0.3, 0.4) is 0 Å². The number of hydrogen-bond donors (Lipinski definition) is 1. The highest BCUT2D eigenvalue weighted by molar-refractivity contribution is 5.56. The number of para-hydroxylation sites is 2. The average Bonchev–Trinajstić information content (AvgIpc) is 2.84. The molecular weight excluding hydrogens is 271 g/mol. The first-order valence-electron chi connectivity index (χ1n) is 6.08. The molecule has 2 aromatic rings. The Hall–Kier alpha value is -2.18. The molecular formula is C13H14F3N3O. The molecule has 0 spiro atoms. The second-order valence-electron chi connectivity index (χ2n) is 4.10.